The van der Waals surface area contributed by atoms with Crippen LogP contribution in [0.2, 0.25) is 0 Å². The molecule has 0 amide bonds. The van der Waals surface area contributed by atoms with Gasteiger partial charge in [0.1, 0.15) is 5.75 Å². The van der Waals surface area contributed by atoms with Crippen molar-refractivity contribution in [2.75, 3.05) is 6.54 Å². The molecule has 90 valence electrons. The summed E-state index contributed by atoms with van der Waals surface area (Å²) in [5.74, 6) is 1.02. The summed E-state index contributed by atoms with van der Waals surface area (Å²) in [7, 11) is 0. The number of benzene rings is 1. The number of hydrogen-bond donors (Lipinski definition) is 1. The van der Waals surface area contributed by atoms with Crippen LogP contribution in [0.4, 0.5) is 0 Å². The molecule has 0 aliphatic heterocycles. The molecule has 2 heteroatoms. The fourth-order valence-corrected chi connectivity index (χ4v) is 1.80. The SMILES string of the molecule is Cc1cc(C)c(C)c(OC(C)CCCN)c1. The molecule has 0 saturated carbocycles. The first kappa shape index (κ1) is 13.0. The largest absolute Gasteiger partial charge is 0.490 e. The van der Waals surface area contributed by atoms with E-state index in [1.165, 1.54) is 16.7 Å². The minimum atomic E-state index is 0.239. The van der Waals surface area contributed by atoms with Crippen molar-refractivity contribution in [1.82, 2.24) is 0 Å². The third-order valence-corrected chi connectivity index (χ3v) is 2.91. The van der Waals surface area contributed by atoms with Crippen molar-refractivity contribution in [3.05, 3.63) is 28.8 Å². The Bertz CT molecular complexity index is 347. The Kier molecular flexibility index (Phi) is 4.81. The first-order valence-corrected chi connectivity index (χ1v) is 5.99. The number of rotatable bonds is 5. The van der Waals surface area contributed by atoms with Crippen molar-refractivity contribution in [1.29, 1.82) is 0 Å². The summed E-state index contributed by atoms with van der Waals surface area (Å²) in [6, 6.07) is 4.30. The lowest BCUT2D eigenvalue weighted by molar-refractivity contribution is 0.207. The Morgan fingerprint density at radius 3 is 2.56 bits per heavy atom. The Morgan fingerprint density at radius 2 is 1.94 bits per heavy atom. The smallest absolute Gasteiger partial charge is 0.123 e. The summed E-state index contributed by atoms with van der Waals surface area (Å²) < 4.78 is 5.95. The first-order chi connectivity index (χ1) is 7.54. The van der Waals surface area contributed by atoms with Gasteiger partial charge in [0.2, 0.25) is 0 Å². The van der Waals surface area contributed by atoms with Gasteiger partial charge in [-0.15, -0.1) is 0 Å². The van der Waals surface area contributed by atoms with Gasteiger partial charge in [-0.05, 0) is 69.8 Å². The van der Waals surface area contributed by atoms with Crippen molar-refractivity contribution in [3.8, 4) is 5.75 Å². The van der Waals surface area contributed by atoms with Crippen LogP contribution in [0.1, 0.15) is 36.5 Å². The Hall–Kier alpha value is -1.02. The molecular formula is C14H23NO. The molecule has 0 heterocycles. The van der Waals surface area contributed by atoms with Crippen LogP contribution in [0.3, 0.4) is 0 Å². The molecule has 0 spiro atoms. The maximum Gasteiger partial charge on any atom is 0.123 e. The predicted molar refractivity (Wildman–Crippen MR) is 69.0 cm³/mol. The van der Waals surface area contributed by atoms with Gasteiger partial charge in [-0.1, -0.05) is 6.07 Å². The van der Waals surface area contributed by atoms with E-state index in [0.29, 0.717) is 0 Å². The van der Waals surface area contributed by atoms with Crippen molar-refractivity contribution in [2.24, 2.45) is 5.73 Å². The van der Waals surface area contributed by atoms with Crippen LogP contribution in [0.15, 0.2) is 12.1 Å². The highest BCUT2D eigenvalue weighted by molar-refractivity contribution is 5.42. The molecule has 0 fully saturated rings. The zero-order chi connectivity index (χ0) is 12.1. The van der Waals surface area contributed by atoms with Crippen molar-refractivity contribution in [2.45, 2.75) is 46.6 Å². The molecule has 1 unspecified atom stereocenters. The first-order valence-electron chi connectivity index (χ1n) is 5.99. The maximum atomic E-state index is 5.95. The molecule has 0 bridgehead atoms. The second-order valence-electron chi connectivity index (χ2n) is 4.56. The fraction of sp³-hybridized carbons (Fsp3) is 0.571. The van der Waals surface area contributed by atoms with Crippen LogP contribution in [0.25, 0.3) is 0 Å². The Labute approximate surface area is 98.8 Å². The standard InChI is InChI=1S/C14H23NO/c1-10-8-11(2)13(4)14(9-10)16-12(3)6-5-7-15/h8-9,12H,5-7,15H2,1-4H3. The van der Waals surface area contributed by atoms with Crippen molar-refractivity contribution >= 4 is 0 Å². The summed E-state index contributed by atoms with van der Waals surface area (Å²) in [5, 5.41) is 0. The number of ether oxygens (including phenoxy) is 1. The van der Waals surface area contributed by atoms with Crippen molar-refractivity contribution < 1.29 is 4.74 Å². The van der Waals surface area contributed by atoms with Gasteiger partial charge in [-0.2, -0.15) is 0 Å². The molecule has 0 aliphatic rings. The summed E-state index contributed by atoms with van der Waals surface area (Å²) in [5.41, 5.74) is 9.28. The number of hydrogen-bond acceptors (Lipinski definition) is 2. The van der Waals surface area contributed by atoms with Gasteiger partial charge in [-0.3, -0.25) is 0 Å². The van der Waals surface area contributed by atoms with E-state index in [1.807, 2.05) is 0 Å². The third kappa shape index (κ3) is 3.53. The number of nitrogens with two attached hydrogens (primary N) is 1. The average Bonchev–Trinajstić information content (AvgIpc) is 2.22. The molecule has 0 aromatic heterocycles. The lowest BCUT2D eigenvalue weighted by Crippen LogP contribution is -2.14. The highest BCUT2D eigenvalue weighted by atomic mass is 16.5. The summed E-state index contributed by atoms with van der Waals surface area (Å²) >= 11 is 0. The molecule has 1 atom stereocenters. The monoisotopic (exact) mass is 221 g/mol. The van der Waals surface area contributed by atoms with E-state index in [1.54, 1.807) is 0 Å². The van der Waals surface area contributed by atoms with Gasteiger partial charge in [0.15, 0.2) is 0 Å². The van der Waals surface area contributed by atoms with E-state index in [-0.39, 0.29) is 6.10 Å². The van der Waals surface area contributed by atoms with Crippen LogP contribution < -0.4 is 10.5 Å². The van der Waals surface area contributed by atoms with E-state index in [9.17, 15) is 0 Å². The summed E-state index contributed by atoms with van der Waals surface area (Å²) in [4.78, 5) is 0. The fourth-order valence-electron chi connectivity index (χ4n) is 1.80. The highest BCUT2D eigenvalue weighted by Gasteiger charge is 2.08. The molecule has 1 aromatic carbocycles. The zero-order valence-corrected chi connectivity index (χ0v) is 10.8. The molecule has 1 aromatic rings. The quantitative estimate of drug-likeness (QED) is 0.829. The second kappa shape index (κ2) is 5.90. The second-order valence-corrected chi connectivity index (χ2v) is 4.56. The van der Waals surface area contributed by atoms with Gasteiger partial charge >= 0.3 is 0 Å². The summed E-state index contributed by atoms with van der Waals surface area (Å²) in [6.45, 7) is 9.18. The van der Waals surface area contributed by atoms with E-state index < -0.39 is 0 Å². The van der Waals surface area contributed by atoms with Crippen molar-refractivity contribution in [3.63, 3.8) is 0 Å². The van der Waals surface area contributed by atoms with Crippen LogP contribution in [0, 0.1) is 20.8 Å². The Morgan fingerprint density at radius 1 is 1.25 bits per heavy atom. The van der Waals surface area contributed by atoms with E-state index in [2.05, 4.69) is 39.8 Å². The average molecular weight is 221 g/mol. The minimum Gasteiger partial charge on any atom is -0.490 e. The van der Waals surface area contributed by atoms with Gasteiger partial charge in [0.05, 0.1) is 6.10 Å². The summed E-state index contributed by atoms with van der Waals surface area (Å²) in [6.07, 6.45) is 2.27. The van der Waals surface area contributed by atoms with Crippen LogP contribution in [0.5, 0.6) is 5.75 Å². The molecule has 1 rings (SSSR count). The molecule has 0 radical (unpaired) electrons. The lowest BCUT2D eigenvalue weighted by Gasteiger charge is -2.17. The lowest BCUT2D eigenvalue weighted by atomic mass is 10.1. The highest BCUT2D eigenvalue weighted by Crippen LogP contribution is 2.24. The third-order valence-electron chi connectivity index (χ3n) is 2.91. The normalized spacial score (nSPS) is 12.6. The molecule has 2 nitrogen and oxygen atoms in total. The van der Waals surface area contributed by atoms with Gasteiger partial charge in [0.25, 0.3) is 0 Å². The molecule has 0 aliphatic carbocycles. The molecular weight excluding hydrogens is 198 g/mol. The van der Waals surface area contributed by atoms with Gasteiger partial charge < -0.3 is 10.5 Å². The van der Waals surface area contributed by atoms with Gasteiger partial charge in [0, 0.05) is 0 Å². The van der Waals surface area contributed by atoms with Crippen LogP contribution in [-0.2, 0) is 0 Å². The van der Waals surface area contributed by atoms with Crippen LogP contribution >= 0.6 is 0 Å². The number of aryl methyl sites for hydroxylation is 2. The van der Waals surface area contributed by atoms with E-state index in [0.717, 1.165) is 25.1 Å². The van der Waals surface area contributed by atoms with E-state index in [4.69, 9.17) is 10.5 Å². The molecule has 0 saturated heterocycles. The minimum absolute atomic E-state index is 0.239. The maximum absolute atomic E-state index is 5.95. The predicted octanol–water partition coefficient (Wildman–Crippen LogP) is 3.12. The molecule has 16 heavy (non-hydrogen) atoms. The Balaban J connectivity index is 2.72. The van der Waals surface area contributed by atoms with E-state index >= 15 is 0 Å². The molecule has 2 N–H and O–H groups in total. The topological polar surface area (TPSA) is 35.2 Å². The zero-order valence-electron chi connectivity index (χ0n) is 10.8. The van der Waals surface area contributed by atoms with Gasteiger partial charge in [-0.25, -0.2) is 0 Å². The van der Waals surface area contributed by atoms with Crippen LogP contribution in [-0.4, -0.2) is 12.6 Å².